The van der Waals surface area contributed by atoms with Crippen LogP contribution in [0.3, 0.4) is 0 Å². The number of carbonyl (C=O) groups is 1. The molecular weight excluding hydrogens is 623 g/mol. The minimum Gasteiger partial charge on any atom is -0.500 e. The maximum absolute atomic E-state index is 15.6. The van der Waals surface area contributed by atoms with Crippen molar-refractivity contribution in [3.05, 3.63) is 111 Å². The quantitative estimate of drug-likeness (QED) is 0.217. The van der Waals surface area contributed by atoms with E-state index in [0.29, 0.717) is 45.6 Å². The minimum atomic E-state index is -4.27. The summed E-state index contributed by atoms with van der Waals surface area (Å²) in [6.45, 7) is 1.91. The van der Waals surface area contributed by atoms with Crippen molar-refractivity contribution in [2.24, 2.45) is 11.1 Å². The minimum absolute atomic E-state index is 0.121. The van der Waals surface area contributed by atoms with Gasteiger partial charge in [0.2, 0.25) is 15.2 Å². The molecule has 2 aromatic carbocycles. The van der Waals surface area contributed by atoms with E-state index >= 15 is 8.78 Å². The summed E-state index contributed by atoms with van der Waals surface area (Å²) in [6, 6.07) is 13.0. The molecule has 0 bridgehead atoms. The normalized spacial score (nSPS) is 18.6. The van der Waals surface area contributed by atoms with Crippen LogP contribution in [0, 0.1) is 11.7 Å². The summed E-state index contributed by atoms with van der Waals surface area (Å²) < 4.78 is 61.8. The second-order valence-corrected chi connectivity index (χ2v) is 13.9. The van der Waals surface area contributed by atoms with Gasteiger partial charge in [0.25, 0.3) is 0 Å². The van der Waals surface area contributed by atoms with Gasteiger partial charge in [-0.3, -0.25) is 0 Å². The number of allylic oxidation sites excluding steroid dienone is 4. The summed E-state index contributed by atoms with van der Waals surface area (Å²) in [4.78, 5) is 15.4. The van der Waals surface area contributed by atoms with Crippen LogP contribution in [-0.4, -0.2) is 41.4 Å². The smallest absolute Gasteiger partial charge is 0.355 e. The number of primary sulfonamides is 1. The number of hydrogen-bond acceptors (Lipinski definition) is 7. The van der Waals surface area contributed by atoms with Crippen molar-refractivity contribution in [2.75, 3.05) is 7.11 Å². The maximum Gasteiger partial charge on any atom is 0.355 e. The van der Waals surface area contributed by atoms with Gasteiger partial charge in [-0.1, -0.05) is 36.4 Å². The molecule has 1 unspecified atom stereocenters. The van der Waals surface area contributed by atoms with Gasteiger partial charge in [0, 0.05) is 23.4 Å². The van der Waals surface area contributed by atoms with Crippen molar-refractivity contribution in [3.63, 3.8) is 0 Å². The molecular formula is C32H30F2N4O5S2. The van der Waals surface area contributed by atoms with Gasteiger partial charge in [0.05, 0.1) is 23.9 Å². The van der Waals surface area contributed by atoms with Crippen molar-refractivity contribution >= 4 is 32.9 Å². The molecule has 9 nitrogen and oxygen atoms in total. The number of nitrogens with zero attached hydrogens (tertiary/aromatic N) is 3. The van der Waals surface area contributed by atoms with E-state index in [1.807, 2.05) is 37.3 Å². The monoisotopic (exact) mass is 652 g/mol. The molecule has 0 saturated heterocycles. The van der Waals surface area contributed by atoms with E-state index in [9.17, 15) is 18.3 Å². The lowest BCUT2D eigenvalue weighted by atomic mass is 9.72. The van der Waals surface area contributed by atoms with Crippen molar-refractivity contribution in [1.82, 2.24) is 14.8 Å². The number of thiazole rings is 1. The van der Waals surface area contributed by atoms with E-state index < -0.39 is 37.9 Å². The summed E-state index contributed by atoms with van der Waals surface area (Å²) in [5.41, 5.74) is 2.54. The van der Waals surface area contributed by atoms with E-state index in [-0.39, 0.29) is 18.5 Å². The number of aromatic carboxylic acids is 1. The first-order valence-corrected chi connectivity index (χ1v) is 16.6. The Balaban J connectivity index is 1.56. The van der Waals surface area contributed by atoms with Gasteiger partial charge in [0.15, 0.2) is 5.69 Å². The van der Waals surface area contributed by atoms with Crippen molar-refractivity contribution in [2.45, 2.75) is 49.3 Å². The molecule has 6 rings (SSSR count). The number of rotatable bonds is 10. The Morgan fingerprint density at radius 2 is 1.93 bits per heavy atom. The first-order chi connectivity index (χ1) is 21.4. The summed E-state index contributed by atoms with van der Waals surface area (Å²) >= 11 is 1.13. The second-order valence-electron chi connectivity index (χ2n) is 11.6. The van der Waals surface area contributed by atoms with Crippen molar-refractivity contribution < 1.29 is 31.8 Å². The summed E-state index contributed by atoms with van der Waals surface area (Å²) in [7, 11) is -2.80. The summed E-state index contributed by atoms with van der Waals surface area (Å²) in [5.74, 6) is -1.88. The van der Waals surface area contributed by atoms with Crippen molar-refractivity contribution in [3.8, 4) is 5.13 Å². The lowest BCUT2D eigenvalue weighted by Crippen LogP contribution is -2.31. The molecule has 2 heterocycles. The molecule has 0 radical (unpaired) electrons. The number of benzene rings is 2. The molecule has 2 aliphatic rings. The first kappa shape index (κ1) is 30.8. The van der Waals surface area contributed by atoms with E-state index in [4.69, 9.17) is 15.0 Å². The van der Waals surface area contributed by atoms with Crippen LogP contribution in [0.5, 0.6) is 0 Å². The summed E-state index contributed by atoms with van der Waals surface area (Å²) in [5, 5.41) is 21.6. The Morgan fingerprint density at radius 1 is 1.20 bits per heavy atom. The van der Waals surface area contributed by atoms with Crippen LogP contribution in [0.2, 0.25) is 0 Å². The van der Waals surface area contributed by atoms with Gasteiger partial charge in [0.1, 0.15) is 22.3 Å². The molecule has 3 N–H and O–H groups in total. The number of hydrogen-bond donors (Lipinski definition) is 2. The predicted octanol–water partition coefficient (Wildman–Crippen LogP) is 5.93. The first-order valence-electron chi connectivity index (χ1n) is 14.2. The molecule has 1 saturated carbocycles. The standard InChI is InChI=1S/C32H30F2N4O5S2/c1-32(16-22(20-6-4-3-5-7-20)23(33)15-28(32)43-2)29-21(12-19-10-11-27(24(34)13-19)45(35,41)42)26(14-18-8-9-18)38(37-29)31-36-25(17-44-31)30(39)40/h3-7,10-11,13,15,17-18H,8-9,12,14,16H2,1-2H3,(H,39,40)(H2,35,41,42). The number of carboxylic acids is 1. The predicted molar refractivity (Wildman–Crippen MR) is 165 cm³/mol. The van der Waals surface area contributed by atoms with Crippen LogP contribution < -0.4 is 5.14 Å². The Bertz CT molecular complexity index is 1980. The molecule has 0 amide bonds. The highest BCUT2D eigenvalue weighted by Crippen LogP contribution is 2.48. The van der Waals surface area contributed by atoms with Crippen LogP contribution in [-0.2, 0) is 33.0 Å². The van der Waals surface area contributed by atoms with Crippen molar-refractivity contribution in [1.29, 1.82) is 0 Å². The molecule has 1 fully saturated rings. The largest absolute Gasteiger partial charge is 0.500 e. The molecule has 234 valence electrons. The van der Waals surface area contributed by atoms with Gasteiger partial charge in [-0.05, 0) is 67.4 Å². The van der Waals surface area contributed by atoms with E-state index in [1.165, 1.54) is 24.6 Å². The molecule has 4 aromatic rings. The fourth-order valence-corrected chi connectivity index (χ4v) is 7.24. The Labute approximate surface area is 262 Å². The number of halogens is 2. The van der Waals surface area contributed by atoms with Crippen LogP contribution in [0.25, 0.3) is 10.7 Å². The number of methoxy groups -OCH3 is 1. The maximum atomic E-state index is 15.6. The Morgan fingerprint density at radius 3 is 2.53 bits per heavy atom. The number of carboxylic acid groups (broad SMARTS) is 1. The molecule has 45 heavy (non-hydrogen) atoms. The van der Waals surface area contributed by atoms with E-state index in [2.05, 4.69) is 4.98 Å². The zero-order valence-corrected chi connectivity index (χ0v) is 26.1. The third-order valence-electron chi connectivity index (χ3n) is 8.33. The average Bonchev–Trinajstić information content (AvgIpc) is 3.55. The zero-order valence-electron chi connectivity index (χ0n) is 24.5. The van der Waals surface area contributed by atoms with Gasteiger partial charge in [-0.15, -0.1) is 11.3 Å². The van der Waals surface area contributed by atoms with Crippen LogP contribution in [0.1, 0.15) is 64.8 Å². The second kappa shape index (κ2) is 11.6. The molecule has 0 aliphatic heterocycles. The molecule has 1 atom stereocenters. The van der Waals surface area contributed by atoms with Gasteiger partial charge in [-0.25, -0.2) is 36.8 Å². The van der Waals surface area contributed by atoms with Crippen LogP contribution in [0.4, 0.5) is 8.78 Å². The van der Waals surface area contributed by atoms with Crippen LogP contribution in [0.15, 0.2) is 76.5 Å². The highest BCUT2D eigenvalue weighted by atomic mass is 32.2. The lowest BCUT2D eigenvalue weighted by molar-refractivity contribution is 0.0691. The van der Waals surface area contributed by atoms with Gasteiger partial charge in [-0.2, -0.15) is 5.10 Å². The van der Waals surface area contributed by atoms with E-state index in [0.717, 1.165) is 47.6 Å². The zero-order chi connectivity index (χ0) is 32.1. The highest BCUT2D eigenvalue weighted by molar-refractivity contribution is 7.89. The molecule has 13 heteroatoms. The number of sulfonamides is 1. The van der Waals surface area contributed by atoms with Crippen LogP contribution >= 0.6 is 11.3 Å². The third kappa shape index (κ3) is 5.95. The molecule has 2 aromatic heterocycles. The lowest BCUT2D eigenvalue weighted by Gasteiger charge is -2.34. The highest BCUT2D eigenvalue weighted by Gasteiger charge is 2.44. The Hall–Kier alpha value is -4.20. The SMILES string of the molecule is COC1=CC(F)=C(c2ccccc2)CC1(C)c1nn(-c2nc(C(=O)O)cs2)c(CC2CC2)c1Cc1ccc(S(N)(=O)=O)c(F)c1. The topological polar surface area (TPSA) is 137 Å². The van der Waals surface area contributed by atoms with Gasteiger partial charge < -0.3 is 9.84 Å². The third-order valence-corrected chi connectivity index (χ3v) is 10.1. The number of ether oxygens (including phenoxy) is 1. The molecule has 2 aliphatic carbocycles. The Kier molecular flexibility index (Phi) is 7.96. The fourth-order valence-electron chi connectivity index (χ4n) is 5.88. The number of aromatic nitrogens is 3. The van der Waals surface area contributed by atoms with Gasteiger partial charge >= 0.3 is 5.97 Å². The fraction of sp³-hybridized carbons (Fsp3) is 0.281. The number of nitrogens with two attached hydrogens (primary N) is 1. The average molecular weight is 653 g/mol. The molecule has 0 spiro atoms. The van der Waals surface area contributed by atoms with E-state index in [1.54, 1.807) is 4.68 Å². The summed E-state index contributed by atoms with van der Waals surface area (Å²) in [6.07, 6.45) is 4.30.